The normalized spacial score (nSPS) is 41.9. The lowest BCUT2D eigenvalue weighted by Gasteiger charge is -2.51. The maximum atomic E-state index is 12.3. The average Bonchev–Trinajstić information content (AvgIpc) is 2.62. The Kier molecular flexibility index (Phi) is 6.49. The van der Waals surface area contributed by atoms with Gasteiger partial charge in [0.05, 0.1) is 5.41 Å². The molecule has 25 heavy (non-hydrogen) atoms. The van der Waals surface area contributed by atoms with Gasteiger partial charge in [0, 0.05) is 0 Å². The molecule has 0 heterocycles. The average molecular weight is 349 g/mol. The first-order valence-electron chi connectivity index (χ1n) is 11.3. The van der Waals surface area contributed by atoms with Gasteiger partial charge in [-0.3, -0.25) is 4.79 Å². The van der Waals surface area contributed by atoms with Crippen molar-refractivity contribution in [3.05, 3.63) is 0 Å². The van der Waals surface area contributed by atoms with Crippen LogP contribution in [0.3, 0.4) is 0 Å². The molecule has 0 radical (unpaired) electrons. The highest BCUT2D eigenvalue weighted by molar-refractivity contribution is 5.75. The zero-order valence-corrected chi connectivity index (χ0v) is 16.6. The van der Waals surface area contributed by atoms with Crippen LogP contribution in [0.2, 0.25) is 0 Å². The lowest BCUT2D eigenvalue weighted by Crippen LogP contribution is -2.48. The quantitative estimate of drug-likeness (QED) is 0.581. The first-order chi connectivity index (χ1) is 12.1. The van der Waals surface area contributed by atoms with Crippen molar-refractivity contribution in [2.75, 3.05) is 0 Å². The van der Waals surface area contributed by atoms with Crippen LogP contribution >= 0.6 is 0 Å². The Morgan fingerprint density at radius 2 is 1.52 bits per heavy atom. The molecule has 144 valence electrons. The minimum atomic E-state index is -0.469. The number of rotatable bonds is 6. The summed E-state index contributed by atoms with van der Waals surface area (Å²) in [5.41, 5.74) is -0.367. The number of aliphatic carboxylic acids is 1. The van der Waals surface area contributed by atoms with Gasteiger partial charge >= 0.3 is 5.97 Å². The van der Waals surface area contributed by atoms with E-state index in [0.29, 0.717) is 11.8 Å². The number of hydrogen-bond acceptors (Lipinski definition) is 1. The van der Waals surface area contributed by atoms with Crippen LogP contribution in [-0.4, -0.2) is 11.1 Å². The van der Waals surface area contributed by atoms with E-state index in [1.54, 1.807) is 0 Å². The smallest absolute Gasteiger partial charge is 0.309 e. The van der Waals surface area contributed by atoms with Gasteiger partial charge in [0.1, 0.15) is 0 Å². The minimum Gasteiger partial charge on any atom is -0.481 e. The zero-order chi connectivity index (χ0) is 17.9. The minimum absolute atomic E-state index is 0.367. The highest BCUT2D eigenvalue weighted by Gasteiger charge is 2.52. The van der Waals surface area contributed by atoms with Gasteiger partial charge in [-0.15, -0.1) is 0 Å². The second kappa shape index (κ2) is 8.44. The van der Waals surface area contributed by atoms with Crippen LogP contribution in [0.15, 0.2) is 0 Å². The second-order valence-electron chi connectivity index (χ2n) is 9.70. The Morgan fingerprint density at radius 1 is 0.880 bits per heavy atom. The lowest BCUT2D eigenvalue weighted by molar-refractivity contribution is -0.162. The van der Waals surface area contributed by atoms with Crippen molar-refractivity contribution in [1.82, 2.24) is 0 Å². The summed E-state index contributed by atoms with van der Waals surface area (Å²) >= 11 is 0. The fraction of sp³-hybridized carbons (Fsp3) is 0.957. The summed E-state index contributed by atoms with van der Waals surface area (Å²) in [6, 6.07) is 0. The summed E-state index contributed by atoms with van der Waals surface area (Å²) < 4.78 is 0. The monoisotopic (exact) mass is 348 g/mol. The summed E-state index contributed by atoms with van der Waals surface area (Å²) in [4.78, 5) is 12.3. The highest BCUT2D eigenvalue weighted by Crippen LogP contribution is 2.56. The number of fused-ring (bicyclic) bond motifs is 1. The Morgan fingerprint density at radius 3 is 2.16 bits per heavy atom. The summed E-state index contributed by atoms with van der Waals surface area (Å²) in [6.07, 6.45) is 17.7. The van der Waals surface area contributed by atoms with Gasteiger partial charge < -0.3 is 5.11 Å². The van der Waals surface area contributed by atoms with Crippen LogP contribution in [0, 0.1) is 35.0 Å². The van der Waals surface area contributed by atoms with E-state index in [2.05, 4.69) is 13.8 Å². The molecular formula is C23H40O2. The maximum Gasteiger partial charge on any atom is 0.309 e. The number of carbonyl (C=O) groups is 1. The molecule has 0 aliphatic heterocycles. The largest absolute Gasteiger partial charge is 0.481 e. The lowest BCUT2D eigenvalue weighted by atomic mass is 9.53. The van der Waals surface area contributed by atoms with Crippen molar-refractivity contribution in [3.63, 3.8) is 0 Å². The summed E-state index contributed by atoms with van der Waals surface area (Å²) in [7, 11) is 0. The number of hydrogen-bond donors (Lipinski definition) is 1. The molecule has 1 unspecified atom stereocenters. The summed E-state index contributed by atoms with van der Waals surface area (Å²) in [5, 5.41) is 10.1. The van der Waals surface area contributed by atoms with Crippen LogP contribution < -0.4 is 0 Å². The molecule has 3 fully saturated rings. The van der Waals surface area contributed by atoms with E-state index in [1.807, 2.05) is 0 Å². The van der Waals surface area contributed by atoms with Crippen molar-refractivity contribution in [2.24, 2.45) is 35.0 Å². The highest BCUT2D eigenvalue weighted by atomic mass is 16.4. The van der Waals surface area contributed by atoms with Gasteiger partial charge in [0.2, 0.25) is 0 Å². The molecule has 0 spiro atoms. The van der Waals surface area contributed by atoms with Crippen LogP contribution in [0.5, 0.6) is 0 Å². The zero-order valence-electron chi connectivity index (χ0n) is 16.6. The molecular weight excluding hydrogens is 308 g/mol. The van der Waals surface area contributed by atoms with Crippen molar-refractivity contribution < 1.29 is 9.90 Å². The predicted molar refractivity (Wildman–Crippen MR) is 104 cm³/mol. The molecule has 3 saturated carbocycles. The van der Waals surface area contributed by atoms with E-state index in [1.165, 1.54) is 77.0 Å². The molecule has 3 rings (SSSR count). The van der Waals surface area contributed by atoms with E-state index >= 15 is 0 Å². The van der Waals surface area contributed by atoms with Gasteiger partial charge in [0.25, 0.3) is 0 Å². The van der Waals surface area contributed by atoms with Gasteiger partial charge in [-0.1, -0.05) is 58.8 Å². The molecule has 2 nitrogen and oxygen atoms in total. The first kappa shape index (κ1) is 19.2. The van der Waals surface area contributed by atoms with E-state index in [9.17, 15) is 9.90 Å². The van der Waals surface area contributed by atoms with Crippen molar-refractivity contribution in [2.45, 2.75) is 104 Å². The number of carboxylic acid groups (broad SMARTS) is 1. The molecule has 3 aliphatic carbocycles. The standard InChI is InChI=1S/C23H40O2/c1-3-5-17-7-10-19(11-8-17)20-13-14-23(22(24)25)16-18(6-4-2)9-12-21(23)15-20/h17-21H,3-16H2,1-2H3,(H,24,25)/t17?,18-,19?,20?,21-,23+/m1/s1. The number of carboxylic acids is 1. The van der Waals surface area contributed by atoms with Crippen LogP contribution in [0.25, 0.3) is 0 Å². The predicted octanol–water partition coefficient (Wildman–Crippen LogP) is 6.68. The summed E-state index contributed by atoms with van der Waals surface area (Å²) in [6.45, 7) is 4.55. The molecule has 0 aromatic heterocycles. The molecule has 0 aromatic carbocycles. The maximum absolute atomic E-state index is 12.3. The van der Waals surface area contributed by atoms with Gasteiger partial charge in [0.15, 0.2) is 0 Å². The molecule has 4 atom stereocenters. The third-order valence-electron chi connectivity index (χ3n) is 8.28. The molecule has 0 amide bonds. The fourth-order valence-electron chi connectivity index (χ4n) is 6.88. The molecule has 1 N–H and O–H groups in total. The first-order valence-corrected chi connectivity index (χ1v) is 11.3. The van der Waals surface area contributed by atoms with E-state index in [4.69, 9.17) is 0 Å². The van der Waals surface area contributed by atoms with Gasteiger partial charge in [-0.25, -0.2) is 0 Å². The van der Waals surface area contributed by atoms with Crippen molar-refractivity contribution in [3.8, 4) is 0 Å². The van der Waals surface area contributed by atoms with Gasteiger partial charge in [-0.2, -0.15) is 0 Å². The molecule has 0 saturated heterocycles. The topological polar surface area (TPSA) is 37.3 Å². The Hall–Kier alpha value is -0.530. The fourth-order valence-corrected chi connectivity index (χ4v) is 6.88. The third kappa shape index (κ3) is 4.08. The van der Waals surface area contributed by atoms with E-state index in [-0.39, 0.29) is 5.41 Å². The third-order valence-corrected chi connectivity index (χ3v) is 8.28. The van der Waals surface area contributed by atoms with Crippen LogP contribution in [0.1, 0.15) is 104 Å². The second-order valence-corrected chi connectivity index (χ2v) is 9.70. The van der Waals surface area contributed by atoms with Crippen molar-refractivity contribution in [1.29, 1.82) is 0 Å². The Bertz CT molecular complexity index is 437. The molecule has 0 aromatic rings. The van der Waals surface area contributed by atoms with Crippen molar-refractivity contribution >= 4 is 5.97 Å². The van der Waals surface area contributed by atoms with Crippen LogP contribution in [-0.2, 0) is 4.79 Å². The van der Waals surface area contributed by atoms with E-state index in [0.717, 1.165) is 30.6 Å². The molecule has 0 bridgehead atoms. The van der Waals surface area contributed by atoms with E-state index < -0.39 is 5.97 Å². The Balaban J connectivity index is 1.60. The van der Waals surface area contributed by atoms with Crippen LogP contribution in [0.4, 0.5) is 0 Å². The Labute approximate surface area is 155 Å². The van der Waals surface area contributed by atoms with Gasteiger partial charge in [-0.05, 0) is 74.5 Å². The SMILES string of the molecule is CCCC1CCC(C2CC[C@]3(C(=O)O)C[C@H](CCC)CC[C@@H]3C2)CC1. The molecule has 2 heteroatoms. The summed E-state index contributed by atoms with van der Waals surface area (Å²) in [5.74, 6) is 3.36. The molecule has 3 aliphatic rings.